The maximum absolute atomic E-state index is 12.4. The number of carbonyl (C=O) groups is 1. The van der Waals surface area contributed by atoms with E-state index in [1.54, 1.807) is 11.8 Å². The molecule has 0 aliphatic carbocycles. The van der Waals surface area contributed by atoms with Crippen molar-refractivity contribution in [3.05, 3.63) is 29.3 Å². The summed E-state index contributed by atoms with van der Waals surface area (Å²) in [5, 5.41) is 12.6. The number of rotatable bonds is 5. The second-order valence-corrected chi connectivity index (χ2v) is 7.32. The number of aryl methyl sites for hydroxylation is 1. The molecule has 0 saturated carbocycles. The first-order chi connectivity index (χ1) is 11.0. The van der Waals surface area contributed by atoms with Crippen LogP contribution in [0.25, 0.3) is 0 Å². The quantitative estimate of drug-likeness (QED) is 0.810. The highest BCUT2D eigenvalue weighted by molar-refractivity contribution is 7.98. The van der Waals surface area contributed by atoms with Crippen molar-refractivity contribution in [1.82, 2.24) is 10.2 Å². The first-order valence-electron chi connectivity index (χ1n) is 8.31. The van der Waals surface area contributed by atoms with Gasteiger partial charge in [0.05, 0.1) is 0 Å². The fourth-order valence-electron chi connectivity index (χ4n) is 3.09. The first-order valence-corrected chi connectivity index (χ1v) is 9.53. The predicted octanol–water partition coefficient (Wildman–Crippen LogP) is 3.41. The van der Waals surface area contributed by atoms with E-state index in [9.17, 15) is 9.90 Å². The minimum absolute atomic E-state index is 0.000251. The number of nitrogens with one attached hydrogen (secondary N) is 1. The Morgan fingerprint density at radius 1 is 1.39 bits per heavy atom. The van der Waals surface area contributed by atoms with E-state index >= 15 is 0 Å². The van der Waals surface area contributed by atoms with Crippen molar-refractivity contribution in [1.29, 1.82) is 0 Å². The van der Waals surface area contributed by atoms with E-state index in [1.807, 2.05) is 4.90 Å². The van der Waals surface area contributed by atoms with Gasteiger partial charge in [0.1, 0.15) is 0 Å². The maximum Gasteiger partial charge on any atom is 0.317 e. The smallest absolute Gasteiger partial charge is 0.317 e. The molecule has 1 aromatic carbocycles. The molecule has 0 spiro atoms. The second-order valence-electron chi connectivity index (χ2n) is 6.47. The van der Waals surface area contributed by atoms with Crippen molar-refractivity contribution in [2.24, 2.45) is 5.41 Å². The van der Waals surface area contributed by atoms with Crippen LogP contribution in [-0.2, 0) is 6.54 Å². The van der Waals surface area contributed by atoms with Crippen LogP contribution in [0.2, 0.25) is 0 Å². The number of carbonyl (C=O) groups excluding carboxylic acids is 1. The summed E-state index contributed by atoms with van der Waals surface area (Å²) >= 11 is 1.71. The number of likely N-dealkylation sites (tertiary alicyclic amines) is 1. The van der Waals surface area contributed by atoms with Gasteiger partial charge in [-0.05, 0) is 55.1 Å². The van der Waals surface area contributed by atoms with Gasteiger partial charge in [-0.15, -0.1) is 11.8 Å². The van der Waals surface area contributed by atoms with Crippen LogP contribution in [0.3, 0.4) is 0 Å². The van der Waals surface area contributed by atoms with Crippen LogP contribution in [0, 0.1) is 12.3 Å². The third kappa shape index (κ3) is 4.42. The zero-order chi connectivity index (χ0) is 16.9. The third-order valence-electron chi connectivity index (χ3n) is 5.07. The summed E-state index contributed by atoms with van der Waals surface area (Å²) in [6.07, 6.45) is 4.80. The summed E-state index contributed by atoms with van der Waals surface area (Å²) in [7, 11) is 0. The topological polar surface area (TPSA) is 52.6 Å². The molecule has 2 amide bonds. The van der Waals surface area contributed by atoms with Gasteiger partial charge < -0.3 is 15.3 Å². The summed E-state index contributed by atoms with van der Waals surface area (Å²) in [4.78, 5) is 15.5. The molecule has 1 saturated heterocycles. The summed E-state index contributed by atoms with van der Waals surface area (Å²) in [6.45, 7) is 6.43. The standard InChI is InChI=1S/C18H28N2O2S/c1-4-18(13-21)7-9-20(10-8-18)17(22)19-12-15-6-5-14(2)11-16(15)23-3/h5-6,11,21H,4,7-10,12-13H2,1-3H3,(H,19,22). The highest BCUT2D eigenvalue weighted by Crippen LogP contribution is 2.34. The maximum atomic E-state index is 12.4. The van der Waals surface area contributed by atoms with Gasteiger partial charge in [0, 0.05) is 31.1 Å². The van der Waals surface area contributed by atoms with E-state index in [-0.39, 0.29) is 18.1 Å². The van der Waals surface area contributed by atoms with Crippen LogP contribution in [-0.4, -0.2) is 42.0 Å². The Morgan fingerprint density at radius 3 is 2.65 bits per heavy atom. The van der Waals surface area contributed by atoms with Gasteiger partial charge in [-0.1, -0.05) is 19.1 Å². The van der Waals surface area contributed by atoms with Crippen LogP contribution < -0.4 is 5.32 Å². The molecule has 2 rings (SSSR count). The lowest BCUT2D eigenvalue weighted by Gasteiger charge is -2.40. The van der Waals surface area contributed by atoms with E-state index in [0.717, 1.165) is 37.9 Å². The largest absolute Gasteiger partial charge is 0.396 e. The van der Waals surface area contributed by atoms with E-state index in [2.05, 4.69) is 43.6 Å². The number of aliphatic hydroxyl groups excluding tert-OH is 1. The molecule has 5 heteroatoms. The molecule has 128 valence electrons. The molecule has 0 unspecified atom stereocenters. The molecule has 0 bridgehead atoms. The summed E-state index contributed by atoms with van der Waals surface area (Å²) in [5.41, 5.74) is 2.41. The Balaban J connectivity index is 1.89. The van der Waals surface area contributed by atoms with Crippen molar-refractivity contribution in [3.8, 4) is 0 Å². The van der Waals surface area contributed by atoms with Crippen molar-refractivity contribution < 1.29 is 9.90 Å². The van der Waals surface area contributed by atoms with E-state index in [1.165, 1.54) is 10.5 Å². The lowest BCUT2D eigenvalue weighted by molar-refractivity contribution is 0.0519. The molecule has 1 aromatic rings. The molecule has 2 N–H and O–H groups in total. The Hall–Kier alpha value is -1.20. The summed E-state index contributed by atoms with van der Waals surface area (Å²) in [5.74, 6) is 0. The Morgan fingerprint density at radius 2 is 2.09 bits per heavy atom. The van der Waals surface area contributed by atoms with E-state index in [0.29, 0.717) is 6.54 Å². The van der Waals surface area contributed by atoms with Crippen LogP contribution in [0.15, 0.2) is 23.1 Å². The Kier molecular flexibility index (Phi) is 6.36. The van der Waals surface area contributed by atoms with Crippen LogP contribution in [0.1, 0.15) is 37.3 Å². The lowest BCUT2D eigenvalue weighted by Crippen LogP contribution is -2.48. The molecule has 0 radical (unpaired) electrons. The van der Waals surface area contributed by atoms with Crippen molar-refractivity contribution in [2.45, 2.75) is 44.6 Å². The number of urea groups is 1. The fourth-order valence-corrected chi connectivity index (χ4v) is 3.79. The monoisotopic (exact) mass is 336 g/mol. The molecule has 1 heterocycles. The highest BCUT2D eigenvalue weighted by Gasteiger charge is 2.33. The van der Waals surface area contributed by atoms with Gasteiger partial charge in [0.2, 0.25) is 0 Å². The van der Waals surface area contributed by atoms with Gasteiger partial charge >= 0.3 is 6.03 Å². The fraction of sp³-hybridized carbons (Fsp3) is 0.611. The van der Waals surface area contributed by atoms with E-state index in [4.69, 9.17) is 0 Å². The van der Waals surface area contributed by atoms with E-state index < -0.39 is 0 Å². The minimum atomic E-state index is 0.000251. The normalized spacial score (nSPS) is 17.1. The van der Waals surface area contributed by atoms with Crippen molar-refractivity contribution >= 4 is 17.8 Å². The highest BCUT2D eigenvalue weighted by atomic mass is 32.2. The van der Waals surface area contributed by atoms with Crippen molar-refractivity contribution in [3.63, 3.8) is 0 Å². The molecule has 23 heavy (non-hydrogen) atoms. The minimum Gasteiger partial charge on any atom is -0.396 e. The van der Waals surface area contributed by atoms with Gasteiger partial charge in [0.15, 0.2) is 0 Å². The molecule has 1 aliphatic heterocycles. The number of hydrogen-bond donors (Lipinski definition) is 2. The molecule has 1 aliphatic rings. The summed E-state index contributed by atoms with van der Waals surface area (Å²) < 4.78 is 0. The molecule has 0 atom stereocenters. The zero-order valence-corrected chi connectivity index (χ0v) is 15.2. The first kappa shape index (κ1) is 18.1. The van der Waals surface area contributed by atoms with Crippen LogP contribution in [0.5, 0.6) is 0 Å². The van der Waals surface area contributed by atoms with Gasteiger partial charge in [0.25, 0.3) is 0 Å². The number of hydrogen-bond acceptors (Lipinski definition) is 3. The molecular weight excluding hydrogens is 308 g/mol. The van der Waals surface area contributed by atoms with Crippen molar-refractivity contribution in [2.75, 3.05) is 26.0 Å². The number of thioether (sulfide) groups is 1. The van der Waals surface area contributed by atoms with Gasteiger partial charge in [-0.2, -0.15) is 0 Å². The Bertz CT molecular complexity index is 534. The number of aliphatic hydroxyl groups is 1. The number of piperidine rings is 1. The average Bonchev–Trinajstić information content (AvgIpc) is 2.60. The number of amides is 2. The van der Waals surface area contributed by atoms with Gasteiger partial charge in [-0.3, -0.25) is 0 Å². The van der Waals surface area contributed by atoms with Crippen LogP contribution in [0.4, 0.5) is 4.79 Å². The average molecular weight is 337 g/mol. The summed E-state index contributed by atoms with van der Waals surface area (Å²) in [6, 6.07) is 6.33. The Labute approximate surface area is 143 Å². The number of nitrogens with zero attached hydrogens (tertiary/aromatic N) is 1. The molecule has 0 aromatic heterocycles. The molecule has 1 fully saturated rings. The lowest BCUT2D eigenvalue weighted by atomic mass is 9.77. The molecule has 4 nitrogen and oxygen atoms in total. The van der Waals surface area contributed by atoms with Crippen LogP contribution >= 0.6 is 11.8 Å². The predicted molar refractivity (Wildman–Crippen MR) is 95.8 cm³/mol. The zero-order valence-electron chi connectivity index (χ0n) is 14.4. The molecular formula is C18H28N2O2S. The SMILES string of the molecule is CCC1(CO)CCN(C(=O)NCc2ccc(C)cc2SC)CC1. The third-order valence-corrected chi connectivity index (χ3v) is 5.89. The van der Waals surface area contributed by atoms with Gasteiger partial charge in [-0.25, -0.2) is 4.79 Å². The number of benzene rings is 1. The second kappa shape index (κ2) is 8.06.